The number of carboxylic acids is 1. The van der Waals surface area contributed by atoms with Crippen LogP contribution in [0.1, 0.15) is 6.92 Å². The predicted octanol–water partition coefficient (Wildman–Crippen LogP) is 3.29. The van der Waals surface area contributed by atoms with Gasteiger partial charge in [0, 0.05) is 17.6 Å². The number of hydrogen-bond donors (Lipinski definition) is 2. The third kappa shape index (κ3) is 3.24. The number of urea groups is 1. The third-order valence-corrected chi connectivity index (χ3v) is 4.20. The molecule has 1 saturated heterocycles. The molecular weight excluding hydrogens is 348 g/mol. The van der Waals surface area contributed by atoms with Crippen molar-refractivity contribution in [1.82, 2.24) is 4.90 Å². The van der Waals surface area contributed by atoms with Gasteiger partial charge in [-0.2, -0.15) is 0 Å². The summed E-state index contributed by atoms with van der Waals surface area (Å²) in [6, 6.07) is 4.82. The molecule has 2 amide bonds. The number of carboxylic acid groups (broad SMARTS) is 1. The fourth-order valence-electron chi connectivity index (χ4n) is 2.24. The fraction of sp³-hybridized carbons (Fsp3) is 0.385. The molecule has 0 saturated carbocycles. The van der Waals surface area contributed by atoms with Crippen molar-refractivity contribution in [3.8, 4) is 0 Å². The molecule has 5 nitrogen and oxygen atoms in total. The van der Waals surface area contributed by atoms with Crippen LogP contribution in [0.5, 0.6) is 0 Å². The molecular formula is C13H14BrClN2O3. The van der Waals surface area contributed by atoms with Crippen molar-refractivity contribution in [3.05, 3.63) is 27.7 Å². The molecule has 1 aromatic carbocycles. The first-order valence-electron chi connectivity index (χ1n) is 6.12. The summed E-state index contributed by atoms with van der Waals surface area (Å²) in [5, 5.41) is 12.2. The van der Waals surface area contributed by atoms with Crippen LogP contribution in [0.2, 0.25) is 5.02 Å². The van der Waals surface area contributed by atoms with E-state index in [1.165, 1.54) is 4.90 Å². The minimum Gasteiger partial charge on any atom is -0.481 e. The maximum absolute atomic E-state index is 12.1. The summed E-state index contributed by atoms with van der Waals surface area (Å²) in [5.41, 5.74) is 0.506. The van der Waals surface area contributed by atoms with E-state index in [1.807, 2.05) is 6.92 Å². The van der Waals surface area contributed by atoms with Crippen molar-refractivity contribution in [1.29, 1.82) is 0 Å². The molecule has 0 bridgehead atoms. The van der Waals surface area contributed by atoms with Crippen LogP contribution in [0.4, 0.5) is 10.5 Å². The smallest absolute Gasteiger partial charge is 0.321 e. The Labute approximate surface area is 130 Å². The molecule has 7 heteroatoms. The second kappa shape index (κ2) is 6.01. The van der Waals surface area contributed by atoms with E-state index in [-0.39, 0.29) is 18.5 Å². The van der Waals surface area contributed by atoms with E-state index in [0.29, 0.717) is 17.3 Å². The number of anilines is 1. The lowest BCUT2D eigenvalue weighted by Gasteiger charge is -2.17. The summed E-state index contributed by atoms with van der Waals surface area (Å²) in [6.07, 6.45) is 0. The van der Waals surface area contributed by atoms with Crippen molar-refractivity contribution in [3.63, 3.8) is 0 Å². The average molecular weight is 362 g/mol. The summed E-state index contributed by atoms with van der Waals surface area (Å²) in [5.74, 6) is -1.44. The number of amides is 2. The molecule has 2 atom stereocenters. The quantitative estimate of drug-likeness (QED) is 0.849. The Hall–Kier alpha value is -1.27. The SMILES string of the molecule is C[C@@H]1CN(C(=O)Nc2ccc(Br)cc2Cl)C[C@H]1C(=O)O. The van der Waals surface area contributed by atoms with E-state index in [0.717, 1.165) is 4.47 Å². The van der Waals surface area contributed by atoms with E-state index < -0.39 is 11.9 Å². The van der Waals surface area contributed by atoms with Crippen LogP contribution in [0, 0.1) is 11.8 Å². The Morgan fingerprint density at radius 1 is 1.45 bits per heavy atom. The van der Waals surface area contributed by atoms with Gasteiger partial charge < -0.3 is 15.3 Å². The van der Waals surface area contributed by atoms with Gasteiger partial charge in [0.15, 0.2) is 0 Å². The van der Waals surface area contributed by atoms with Crippen LogP contribution < -0.4 is 5.32 Å². The number of hydrogen-bond acceptors (Lipinski definition) is 2. The summed E-state index contributed by atoms with van der Waals surface area (Å²) in [4.78, 5) is 24.7. The molecule has 1 aromatic rings. The maximum atomic E-state index is 12.1. The normalized spacial score (nSPS) is 21.9. The minimum absolute atomic E-state index is 0.0568. The van der Waals surface area contributed by atoms with Crippen LogP contribution in [0.3, 0.4) is 0 Å². The van der Waals surface area contributed by atoms with E-state index in [4.69, 9.17) is 16.7 Å². The Morgan fingerprint density at radius 2 is 2.15 bits per heavy atom. The third-order valence-electron chi connectivity index (χ3n) is 3.39. The Balaban J connectivity index is 2.04. The molecule has 0 aliphatic carbocycles. The first kappa shape index (κ1) is 15.1. The first-order chi connectivity index (χ1) is 9.38. The van der Waals surface area contributed by atoms with Gasteiger partial charge in [-0.05, 0) is 24.1 Å². The highest BCUT2D eigenvalue weighted by atomic mass is 79.9. The number of aliphatic carboxylic acids is 1. The second-order valence-electron chi connectivity index (χ2n) is 4.88. The van der Waals surface area contributed by atoms with E-state index in [1.54, 1.807) is 18.2 Å². The molecule has 2 rings (SSSR count). The van der Waals surface area contributed by atoms with Crippen molar-refractivity contribution < 1.29 is 14.7 Å². The minimum atomic E-state index is -0.866. The second-order valence-corrected chi connectivity index (χ2v) is 6.20. The van der Waals surface area contributed by atoms with Crippen molar-refractivity contribution in [2.75, 3.05) is 18.4 Å². The number of nitrogens with zero attached hydrogens (tertiary/aromatic N) is 1. The van der Waals surface area contributed by atoms with Crippen molar-refractivity contribution in [2.45, 2.75) is 6.92 Å². The molecule has 1 heterocycles. The lowest BCUT2D eigenvalue weighted by atomic mass is 9.99. The lowest BCUT2D eigenvalue weighted by Crippen LogP contribution is -2.33. The van der Waals surface area contributed by atoms with E-state index >= 15 is 0 Å². The van der Waals surface area contributed by atoms with Crippen LogP contribution in [-0.4, -0.2) is 35.1 Å². The molecule has 108 valence electrons. The molecule has 1 aliphatic rings. The van der Waals surface area contributed by atoms with Gasteiger partial charge in [0.05, 0.1) is 16.6 Å². The van der Waals surface area contributed by atoms with Gasteiger partial charge in [-0.3, -0.25) is 4.79 Å². The largest absolute Gasteiger partial charge is 0.481 e. The Morgan fingerprint density at radius 3 is 2.70 bits per heavy atom. The van der Waals surface area contributed by atoms with Crippen LogP contribution in [-0.2, 0) is 4.79 Å². The Bertz CT molecular complexity index is 552. The molecule has 0 aromatic heterocycles. The standard InChI is InChI=1S/C13H14BrClN2O3/c1-7-5-17(6-9(7)12(18)19)13(20)16-11-3-2-8(14)4-10(11)15/h2-4,7,9H,5-6H2,1H3,(H,16,20)(H,18,19)/t7-,9-/m1/s1. The number of halogens is 2. The Kier molecular flexibility index (Phi) is 4.55. The number of benzene rings is 1. The van der Waals surface area contributed by atoms with Crippen LogP contribution >= 0.6 is 27.5 Å². The summed E-state index contributed by atoms with van der Waals surface area (Å²) in [7, 11) is 0. The predicted molar refractivity (Wildman–Crippen MR) is 80.0 cm³/mol. The number of carbonyl (C=O) groups is 2. The summed E-state index contributed by atoms with van der Waals surface area (Å²) >= 11 is 9.32. The number of carbonyl (C=O) groups excluding carboxylic acids is 1. The van der Waals surface area contributed by atoms with Crippen molar-refractivity contribution in [2.24, 2.45) is 11.8 Å². The number of rotatable bonds is 2. The average Bonchev–Trinajstić information content (AvgIpc) is 2.75. The number of likely N-dealkylation sites (tertiary alicyclic amines) is 1. The van der Waals surface area contributed by atoms with E-state index in [9.17, 15) is 9.59 Å². The topological polar surface area (TPSA) is 69.6 Å². The van der Waals surface area contributed by atoms with E-state index in [2.05, 4.69) is 21.2 Å². The molecule has 0 radical (unpaired) electrons. The van der Waals surface area contributed by atoms with Crippen LogP contribution in [0.25, 0.3) is 0 Å². The van der Waals surface area contributed by atoms with Gasteiger partial charge in [-0.15, -0.1) is 0 Å². The maximum Gasteiger partial charge on any atom is 0.321 e. The summed E-state index contributed by atoms with van der Waals surface area (Å²) in [6.45, 7) is 2.48. The lowest BCUT2D eigenvalue weighted by molar-refractivity contribution is -0.142. The highest BCUT2D eigenvalue weighted by Crippen LogP contribution is 2.27. The van der Waals surface area contributed by atoms with Crippen molar-refractivity contribution >= 4 is 45.2 Å². The van der Waals surface area contributed by atoms with Gasteiger partial charge in [-0.1, -0.05) is 34.5 Å². The summed E-state index contributed by atoms with van der Waals surface area (Å²) < 4.78 is 0.821. The molecule has 1 aliphatic heterocycles. The van der Waals surface area contributed by atoms with Gasteiger partial charge in [0.2, 0.25) is 0 Å². The van der Waals surface area contributed by atoms with Crippen LogP contribution in [0.15, 0.2) is 22.7 Å². The molecule has 0 spiro atoms. The highest BCUT2D eigenvalue weighted by Gasteiger charge is 2.37. The monoisotopic (exact) mass is 360 g/mol. The first-order valence-corrected chi connectivity index (χ1v) is 7.29. The molecule has 20 heavy (non-hydrogen) atoms. The zero-order chi connectivity index (χ0) is 14.9. The molecule has 2 N–H and O–H groups in total. The molecule has 0 unspecified atom stereocenters. The van der Waals surface area contributed by atoms with Gasteiger partial charge in [0.1, 0.15) is 0 Å². The number of nitrogens with one attached hydrogen (secondary N) is 1. The highest BCUT2D eigenvalue weighted by molar-refractivity contribution is 9.10. The van der Waals surface area contributed by atoms with Gasteiger partial charge in [-0.25, -0.2) is 4.79 Å². The zero-order valence-corrected chi connectivity index (χ0v) is 13.1. The molecule has 1 fully saturated rings. The van der Waals surface area contributed by atoms with Gasteiger partial charge in [0.25, 0.3) is 0 Å². The van der Waals surface area contributed by atoms with Gasteiger partial charge >= 0.3 is 12.0 Å². The fourth-order valence-corrected chi connectivity index (χ4v) is 2.96. The zero-order valence-electron chi connectivity index (χ0n) is 10.8.